The van der Waals surface area contributed by atoms with Gasteiger partial charge < -0.3 is 14.6 Å². The Labute approximate surface area is 229 Å². The van der Waals surface area contributed by atoms with E-state index < -0.39 is 23.7 Å². The van der Waals surface area contributed by atoms with Crippen molar-refractivity contribution in [1.29, 1.82) is 0 Å². The van der Waals surface area contributed by atoms with E-state index in [-0.39, 0.29) is 16.7 Å². The molecule has 0 aromatic heterocycles. The minimum Gasteiger partial charge on any atom is -0.507 e. The zero-order chi connectivity index (χ0) is 27.8. The van der Waals surface area contributed by atoms with Crippen molar-refractivity contribution < 1.29 is 29.0 Å². The van der Waals surface area contributed by atoms with Crippen molar-refractivity contribution in [1.82, 2.24) is 0 Å². The van der Waals surface area contributed by atoms with Crippen molar-refractivity contribution in [3.05, 3.63) is 99.0 Å². The normalized spacial score (nSPS) is 17.0. The highest BCUT2D eigenvalue weighted by atomic mass is 79.9. The van der Waals surface area contributed by atoms with Gasteiger partial charge in [-0.2, -0.15) is 0 Å². The average Bonchev–Trinajstić information content (AvgIpc) is 3.17. The molecule has 1 aliphatic rings. The molecule has 196 valence electrons. The summed E-state index contributed by atoms with van der Waals surface area (Å²) in [6.45, 7) is 6.29. The SMILES string of the molecule is COC(=O)c1ccc(N2C(=O)C(=O)/C(=C(\O)c3ccc(OC)c(Br)c3)C2c2ccc(C(C)(C)C)cc2)cc1. The second-order valence-electron chi connectivity index (χ2n) is 9.93. The van der Waals surface area contributed by atoms with Crippen LogP contribution < -0.4 is 9.64 Å². The van der Waals surface area contributed by atoms with E-state index in [2.05, 4.69) is 36.7 Å². The van der Waals surface area contributed by atoms with Crippen molar-refractivity contribution in [3.63, 3.8) is 0 Å². The highest BCUT2D eigenvalue weighted by Crippen LogP contribution is 2.43. The molecular weight excluding hydrogens is 550 g/mol. The Morgan fingerprint density at radius 1 is 0.921 bits per heavy atom. The number of methoxy groups -OCH3 is 2. The monoisotopic (exact) mass is 577 g/mol. The van der Waals surface area contributed by atoms with E-state index in [0.29, 0.717) is 32.6 Å². The van der Waals surface area contributed by atoms with E-state index in [1.807, 2.05) is 24.3 Å². The highest BCUT2D eigenvalue weighted by Gasteiger charge is 2.47. The van der Waals surface area contributed by atoms with Gasteiger partial charge in [0.1, 0.15) is 11.5 Å². The number of aliphatic hydroxyl groups excluding tert-OH is 1. The van der Waals surface area contributed by atoms with E-state index in [9.17, 15) is 19.5 Å². The molecule has 1 unspecified atom stereocenters. The van der Waals surface area contributed by atoms with Gasteiger partial charge >= 0.3 is 5.97 Å². The van der Waals surface area contributed by atoms with Crippen LogP contribution >= 0.6 is 15.9 Å². The van der Waals surface area contributed by atoms with E-state index in [0.717, 1.165) is 5.56 Å². The maximum atomic E-state index is 13.4. The maximum Gasteiger partial charge on any atom is 0.337 e. The number of rotatable bonds is 5. The second kappa shape index (κ2) is 10.5. The number of carbonyl (C=O) groups excluding carboxylic acids is 3. The molecule has 0 saturated carbocycles. The van der Waals surface area contributed by atoms with Gasteiger partial charge in [0, 0.05) is 11.3 Å². The molecule has 0 aliphatic carbocycles. The Kier molecular flexibility index (Phi) is 7.47. The molecule has 1 fully saturated rings. The van der Waals surface area contributed by atoms with Gasteiger partial charge in [0.25, 0.3) is 11.7 Å². The number of ether oxygens (including phenoxy) is 2. The predicted octanol–water partition coefficient (Wildman–Crippen LogP) is 6.17. The van der Waals surface area contributed by atoms with Crippen LogP contribution in [0.5, 0.6) is 5.75 Å². The van der Waals surface area contributed by atoms with Gasteiger partial charge in [-0.25, -0.2) is 4.79 Å². The van der Waals surface area contributed by atoms with Crippen molar-refractivity contribution in [2.45, 2.75) is 32.2 Å². The van der Waals surface area contributed by atoms with Crippen molar-refractivity contribution in [3.8, 4) is 5.75 Å². The van der Waals surface area contributed by atoms with Gasteiger partial charge in [0.15, 0.2) is 0 Å². The average molecular weight is 578 g/mol. The van der Waals surface area contributed by atoms with Crippen LogP contribution in [-0.2, 0) is 19.7 Å². The first-order valence-electron chi connectivity index (χ1n) is 11.9. The van der Waals surface area contributed by atoms with Crippen LogP contribution in [0.1, 0.15) is 53.9 Å². The molecule has 4 rings (SSSR count). The van der Waals surface area contributed by atoms with Gasteiger partial charge in [-0.1, -0.05) is 45.0 Å². The minimum atomic E-state index is -0.895. The third-order valence-corrected chi connectivity index (χ3v) is 7.15. The summed E-state index contributed by atoms with van der Waals surface area (Å²) in [5.74, 6) is -1.85. The van der Waals surface area contributed by atoms with Crippen LogP contribution in [0.4, 0.5) is 5.69 Å². The lowest BCUT2D eigenvalue weighted by Crippen LogP contribution is -2.29. The number of aliphatic hydroxyl groups is 1. The number of nitrogens with zero attached hydrogens (tertiary/aromatic N) is 1. The van der Waals surface area contributed by atoms with Crippen molar-refractivity contribution in [2.75, 3.05) is 19.1 Å². The Hall–Kier alpha value is -3.91. The first-order valence-corrected chi connectivity index (χ1v) is 12.7. The Morgan fingerprint density at radius 2 is 1.53 bits per heavy atom. The van der Waals surface area contributed by atoms with Crippen LogP contribution in [-0.4, -0.2) is 37.0 Å². The maximum absolute atomic E-state index is 13.4. The van der Waals surface area contributed by atoms with Gasteiger partial charge in [-0.3, -0.25) is 14.5 Å². The van der Waals surface area contributed by atoms with E-state index in [1.54, 1.807) is 30.3 Å². The Morgan fingerprint density at radius 3 is 2.05 bits per heavy atom. The summed E-state index contributed by atoms with van der Waals surface area (Å²) in [6.07, 6.45) is 0. The van der Waals surface area contributed by atoms with Crippen LogP contribution in [0.25, 0.3) is 5.76 Å². The zero-order valence-electron chi connectivity index (χ0n) is 21.7. The molecular formula is C30H28BrNO6. The van der Waals surface area contributed by atoms with Crippen LogP contribution in [0, 0.1) is 0 Å². The summed E-state index contributed by atoms with van der Waals surface area (Å²) in [5, 5.41) is 11.4. The fourth-order valence-corrected chi connectivity index (χ4v) is 4.97. The number of esters is 1. The third kappa shape index (κ3) is 4.96. The molecule has 7 nitrogen and oxygen atoms in total. The summed E-state index contributed by atoms with van der Waals surface area (Å²) < 4.78 is 10.6. The molecule has 1 heterocycles. The van der Waals surface area contributed by atoms with Crippen LogP contribution in [0.2, 0.25) is 0 Å². The Balaban J connectivity index is 1.90. The number of halogens is 1. The van der Waals surface area contributed by atoms with Crippen LogP contribution in [0.3, 0.4) is 0 Å². The van der Waals surface area contributed by atoms with Gasteiger partial charge in [0.2, 0.25) is 0 Å². The molecule has 0 bridgehead atoms. The second-order valence-corrected chi connectivity index (χ2v) is 10.8. The van der Waals surface area contributed by atoms with Gasteiger partial charge in [-0.15, -0.1) is 0 Å². The summed E-state index contributed by atoms with van der Waals surface area (Å²) in [5.41, 5.74) is 2.67. The first kappa shape index (κ1) is 27.1. The number of benzene rings is 3. The zero-order valence-corrected chi connectivity index (χ0v) is 23.3. The lowest BCUT2D eigenvalue weighted by atomic mass is 9.85. The summed E-state index contributed by atoms with van der Waals surface area (Å²) in [7, 11) is 2.81. The fourth-order valence-electron chi connectivity index (χ4n) is 4.42. The quantitative estimate of drug-likeness (QED) is 0.169. The van der Waals surface area contributed by atoms with Crippen molar-refractivity contribution in [2.24, 2.45) is 0 Å². The number of hydrogen-bond acceptors (Lipinski definition) is 6. The lowest BCUT2D eigenvalue weighted by molar-refractivity contribution is -0.132. The molecule has 8 heteroatoms. The lowest BCUT2D eigenvalue weighted by Gasteiger charge is -2.26. The largest absolute Gasteiger partial charge is 0.507 e. The van der Waals surface area contributed by atoms with Crippen molar-refractivity contribution >= 4 is 45.0 Å². The molecule has 1 atom stereocenters. The smallest absolute Gasteiger partial charge is 0.337 e. The summed E-state index contributed by atoms with van der Waals surface area (Å²) in [4.78, 5) is 40.1. The summed E-state index contributed by atoms with van der Waals surface area (Å²) in [6, 6.07) is 17.9. The molecule has 0 spiro atoms. The Bertz CT molecular complexity index is 1440. The number of Topliss-reactive ketones (excluding diaryl/α,β-unsaturated/α-hetero) is 1. The van der Waals surface area contributed by atoms with Gasteiger partial charge in [0.05, 0.1) is 35.9 Å². The number of anilines is 1. The number of carbonyl (C=O) groups is 3. The fraction of sp³-hybridized carbons (Fsp3) is 0.233. The topological polar surface area (TPSA) is 93.1 Å². The number of amides is 1. The number of ketones is 1. The molecule has 1 aliphatic heterocycles. The molecule has 3 aromatic carbocycles. The molecule has 3 aromatic rings. The van der Waals surface area contributed by atoms with E-state index in [1.165, 1.54) is 31.3 Å². The van der Waals surface area contributed by atoms with E-state index in [4.69, 9.17) is 9.47 Å². The van der Waals surface area contributed by atoms with Crippen LogP contribution in [0.15, 0.2) is 76.8 Å². The standard InChI is InChI=1S/C30H28BrNO6/c1-30(2,3)20-11-6-17(7-12-20)25-24(26(33)19-10-15-23(37-4)22(31)16-19)27(34)28(35)32(25)21-13-8-18(9-14-21)29(36)38-5/h6-16,25,33H,1-5H3/b26-24-. The molecule has 38 heavy (non-hydrogen) atoms. The molecule has 1 N–H and O–H groups in total. The molecule has 0 radical (unpaired) electrons. The predicted molar refractivity (Wildman–Crippen MR) is 148 cm³/mol. The molecule has 1 amide bonds. The van der Waals surface area contributed by atoms with Gasteiger partial charge in [-0.05, 0) is 74.9 Å². The number of hydrogen-bond donors (Lipinski definition) is 1. The highest BCUT2D eigenvalue weighted by molar-refractivity contribution is 9.10. The first-order chi connectivity index (χ1) is 18.0. The van der Waals surface area contributed by atoms with E-state index >= 15 is 0 Å². The summed E-state index contributed by atoms with van der Waals surface area (Å²) >= 11 is 3.41. The third-order valence-electron chi connectivity index (χ3n) is 6.53. The minimum absolute atomic E-state index is 0.0346. The molecule has 1 saturated heterocycles.